The van der Waals surface area contributed by atoms with Gasteiger partial charge in [-0.25, -0.2) is 4.79 Å². The number of carbonyl (C=O) groups is 1. The quantitative estimate of drug-likeness (QED) is 0.856. The van der Waals surface area contributed by atoms with Crippen LogP contribution in [-0.4, -0.2) is 48.7 Å². The van der Waals surface area contributed by atoms with Crippen LogP contribution < -0.4 is 0 Å². The van der Waals surface area contributed by atoms with Crippen LogP contribution in [0, 0.1) is 18.3 Å². The number of hydrogen-bond donors (Lipinski definition) is 0. The smallest absolute Gasteiger partial charge is 0.409 e. The number of amides is 1. The molecule has 112 valence electrons. The van der Waals surface area contributed by atoms with Crippen LogP contribution >= 0.6 is 0 Å². The monoisotopic (exact) mass is 287 g/mol. The molecule has 0 N–H and O–H groups in total. The van der Waals surface area contributed by atoms with Crippen LogP contribution in [0.3, 0.4) is 0 Å². The molecule has 21 heavy (non-hydrogen) atoms. The third-order valence-electron chi connectivity index (χ3n) is 3.69. The zero-order valence-electron chi connectivity index (χ0n) is 12.6. The molecular weight excluding hydrogens is 266 g/mol. The van der Waals surface area contributed by atoms with Gasteiger partial charge in [0.05, 0.1) is 12.7 Å². The number of benzene rings is 1. The Morgan fingerprint density at radius 2 is 2.10 bits per heavy atom. The summed E-state index contributed by atoms with van der Waals surface area (Å²) in [6, 6.07) is 10.2. The van der Waals surface area contributed by atoms with Crippen molar-refractivity contribution in [1.29, 1.82) is 5.26 Å². The minimum atomic E-state index is -0.263. The number of hydrogen-bond acceptors (Lipinski definition) is 4. The van der Waals surface area contributed by atoms with Gasteiger partial charge in [0.15, 0.2) is 0 Å². The fourth-order valence-corrected chi connectivity index (χ4v) is 2.58. The first-order valence-electron chi connectivity index (χ1n) is 7.27. The lowest BCUT2D eigenvalue weighted by Gasteiger charge is -2.36. The number of nitrogens with zero attached hydrogens (tertiary/aromatic N) is 3. The Morgan fingerprint density at radius 1 is 1.38 bits per heavy atom. The lowest BCUT2D eigenvalue weighted by atomic mass is 10.0. The molecule has 0 saturated carbocycles. The van der Waals surface area contributed by atoms with Crippen molar-refractivity contribution in [2.24, 2.45) is 0 Å². The third-order valence-corrected chi connectivity index (χ3v) is 3.69. The average molecular weight is 287 g/mol. The fourth-order valence-electron chi connectivity index (χ4n) is 2.58. The van der Waals surface area contributed by atoms with Crippen molar-refractivity contribution in [2.75, 3.05) is 32.8 Å². The first-order chi connectivity index (χ1) is 10.2. The Kier molecular flexibility index (Phi) is 5.18. The van der Waals surface area contributed by atoms with E-state index < -0.39 is 0 Å². The zero-order valence-corrected chi connectivity index (χ0v) is 12.6. The second kappa shape index (κ2) is 7.09. The highest BCUT2D eigenvalue weighted by molar-refractivity contribution is 5.67. The lowest BCUT2D eigenvalue weighted by molar-refractivity contribution is 0.0733. The molecular formula is C16H21N3O2. The normalized spacial score (nSPS) is 17.1. The Labute approximate surface area is 125 Å². The molecule has 1 unspecified atom stereocenters. The molecule has 5 heteroatoms. The third kappa shape index (κ3) is 3.73. The molecule has 1 aromatic rings. The van der Waals surface area contributed by atoms with Gasteiger partial charge in [0, 0.05) is 26.2 Å². The standard InChI is InChI=1S/C16H21N3O2/c1-3-21-16(20)19-9-7-18(8-10-19)15(12-17)14-6-4-5-13(2)11-14/h4-6,11,15H,3,7-10H2,1-2H3. The van der Waals surface area contributed by atoms with Crippen molar-refractivity contribution in [1.82, 2.24) is 9.80 Å². The Hall–Kier alpha value is -2.06. The van der Waals surface area contributed by atoms with Crippen molar-refractivity contribution in [3.63, 3.8) is 0 Å². The summed E-state index contributed by atoms with van der Waals surface area (Å²) >= 11 is 0. The number of piperazine rings is 1. The molecule has 1 atom stereocenters. The van der Waals surface area contributed by atoms with Gasteiger partial charge in [-0.2, -0.15) is 5.26 Å². The number of aryl methyl sites for hydroxylation is 1. The summed E-state index contributed by atoms with van der Waals surface area (Å²) in [5.41, 5.74) is 2.17. The van der Waals surface area contributed by atoms with E-state index in [1.165, 1.54) is 0 Å². The van der Waals surface area contributed by atoms with E-state index in [0.29, 0.717) is 32.8 Å². The van der Waals surface area contributed by atoms with Gasteiger partial charge in [0.2, 0.25) is 0 Å². The van der Waals surface area contributed by atoms with E-state index in [9.17, 15) is 10.1 Å². The summed E-state index contributed by atoms with van der Waals surface area (Å²) in [4.78, 5) is 15.5. The maximum atomic E-state index is 11.7. The van der Waals surface area contributed by atoms with Crippen molar-refractivity contribution in [2.45, 2.75) is 19.9 Å². The summed E-state index contributed by atoms with van der Waals surface area (Å²) < 4.78 is 5.01. The van der Waals surface area contributed by atoms with Gasteiger partial charge >= 0.3 is 6.09 Å². The Morgan fingerprint density at radius 3 is 2.67 bits per heavy atom. The molecule has 0 aliphatic carbocycles. The van der Waals surface area contributed by atoms with Crippen LogP contribution in [0.2, 0.25) is 0 Å². The molecule has 0 radical (unpaired) electrons. The van der Waals surface area contributed by atoms with Crippen LogP contribution in [0.4, 0.5) is 4.79 Å². The molecule has 1 amide bonds. The Bertz CT molecular complexity index is 531. The summed E-state index contributed by atoms with van der Waals surface area (Å²) in [5, 5.41) is 9.49. The number of nitriles is 1. The molecule has 1 fully saturated rings. The van der Waals surface area contributed by atoms with Crippen molar-refractivity contribution in [3.8, 4) is 6.07 Å². The minimum Gasteiger partial charge on any atom is -0.450 e. The molecule has 0 spiro atoms. The lowest BCUT2D eigenvalue weighted by Crippen LogP contribution is -2.49. The number of rotatable bonds is 3. The topological polar surface area (TPSA) is 56.6 Å². The van der Waals surface area contributed by atoms with Gasteiger partial charge in [-0.05, 0) is 19.4 Å². The SMILES string of the molecule is CCOC(=O)N1CCN(C(C#N)c2cccc(C)c2)CC1. The van der Waals surface area contributed by atoms with E-state index in [2.05, 4.69) is 11.0 Å². The van der Waals surface area contributed by atoms with E-state index in [4.69, 9.17) is 4.74 Å². The van der Waals surface area contributed by atoms with Crippen LogP contribution in [0.15, 0.2) is 24.3 Å². The van der Waals surface area contributed by atoms with Gasteiger partial charge < -0.3 is 9.64 Å². The molecule has 5 nitrogen and oxygen atoms in total. The minimum absolute atomic E-state index is 0.255. The van der Waals surface area contributed by atoms with E-state index in [-0.39, 0.29) is 12.1 Å². The first kappa shape index (κ1) is 15.3. The van der Waals surface area contributed by atoms with Crippen LogP contribution in [-0.2, 0) is 4.74 Å². The van der Waals surface area contributed by atoms with Crippen molar-refractivity contribution >= 4 is 6.09 Å². The van der Waals surface area contributed by atoms with E-state index in [1.54, 1.807) is 11.8 Å². The predicted molar refractivity (Wildman–Crippen MR) is 79.7 cm³/mol. The van der Waals surface area contributed by atoms with Gasteiger partial charge in [0.1, 0.15) is 6.04 Å². The van der Waals surface area contributed by atoms with Crippen molar-refractivity contribution < 1.29 is 9.53 Å². The molecule has 1 aliphatic heterocycles. The molecule has 0 bridgehead atoms. The van der Waals surface area contributed by atoms with Crippen molar-refractivity contribution in [3.05, 3.63) is 35.4 Å². The predicted octanol–water partition coefficient (Wildman–Crippen LogP) is 2.33. The average Bonchev–Trinajstić information content (AvgIpc) is 2.49. The highest BCUT2D eigenvalue weighted by Crippen LogP contribution is 2.22. The number of ether oxygens (including phenoxy) is 1. The molecule has 0 aromatic heterocycles. The van der Waals surface area contributed by atoms with Crippen LogP contribution in [0.1, 0.15) is 24.1 Å². The molecule has 1 aromatic carbocycles. The molecule has 1 saturated heterocycles. The fraction of sp³-hybridized carbons (Fsp3) is 0.500. The van der Waals surface area contributed by atoms with Crippen LogP contribution in [0.5, 0.6) is 0 Å². The van der Waals surface area contributed by atoms with Gasteiger partial charge in [-0.15, -0.1) is 0 Å². The second-order valence-electron chi connectivity index (χ2n) is 5.17. The van der Waals surface area contributed by atoms with Crippen LogP contribution in [0.25, 0.3) is 0 Å². The maximum absolute atomic E-state index is 11.7. The first-order valence-corrected chi connectivity index (χ1v) is 7.27. The highest BCUT2D eigenvalue weighted by Gasteiger charge is 2.27. The van der Waals surface area contributed by atoms with Gasteiger partial charge in [0.25, 0.3) is 0 Å². The summed E-state index contributed by atoms with van der Waals surface area (Å²) in [7, 11) is 0. The Balaban J connectivity index is 2.00. The number of carbonyl (C=O) groups excluding carboxylic acids is 1. The highest BCUT2D eigenvalue weighted by atomic mass is 16.6. The molecule has 2 rings (SSSR count). The summed E-state index contributed by atoms with van der Waals surface area (Å²) in [5.74, 6) is 0. The molecule has 1 heterocycles. The second-order valence-corrected chi connectivity index (χ2v) is 5.17. The van der Waals surface area contributed by atoms with E-state index >= 15 is 0 Å². The zero-order chi connectivity index (χ0) is 15.2. The summed E-state index contributed by atoms with van der Waals surface area (Å²) in [6.07, 6.45) is -0.263. The van der Waals surface area contributed by atoms with E-state index in [0.717, 1.165) is 11.1 Å². The van der Waals surface area contributed by atoms with Gasteiger partial charge in [-0.1, -0.05) is 29.8 Å². The maximum Gasteiger partial charge on any atom is 0.409 e. The molecule has 1 aliphatic rings. The van der Waals surface area contributed by atoms with E-state index in [1.807, 2.05) is 31.2 Å². The largest absolute Gasteiger partial charge is 0.450 e. The van der Waals surface area contributed by atoms with Gasteiger partial charge in [-0.3, -0.25) is 4.90 Å². The summed E-state index contributed by atoms with van der Waals surface area (Å²) in [6.45, 7) is 6.79.